The van der Waals surface area contributed by atoms with Crippen LogP contribution in [0.1, 0.15) is 26.5 Å². The van der Waals surface area contributed by atoms with Crippen molar-refractivity contribution in [2.24, 2.45) is 0 Å². The Bertz CT molecular complexity index is 457. The molecule has 5 nitrogen and oxygen atoms in total. The highest BCUT2D eigenvalue weighted by Crippen LogP contribution is 2.00. The number of imidazole rings is 1. The smallest absolute Gasteiger partial charge is 0.289 e. The Morgan fingerprint density at radius 1 is 1.29 bits per heavy atom. The molecule has 0 saturated carbocycles. The summed E-state index contributed by atoms with van der Waals surface area (Å²) in [6.45, 7) is 5.99. The van der Waals surface area contributed by atoms with Gasteiger partial charge in [-0.05, 0) is 6.42 Å². The van der Waals surface area contributed by atoms with E-state index in [2.05, 4.69) is 19.9 Å². The molecule has 0 aliphatic heterocycles. The fraction of sp³-hybridized carbons (Fsp3) is 0.444. The second-order valence-electron chi connectivity index (χ2n) is 2.49. The summed E-state index contributed by atoms with van der Waals surface area (Å²) in [6.07, 6.45) is 2.47. The second-order valence-corrected chi connectivity index (χ2v) is 2.49. The lowest BCUT2D eigenvalue weighted by Crippen LogP contribution is -1.99. The maximum Gasteiger partial charge on any atom is 0.326 e. The molecule has 2 rings (SSSR count). The van der Waals surface area contributed by atoms with Crippen molar-refractivity contribution in [3.8, 4) is 0 Å². The minimum atomic E-state index is -0.266. The van der Waals surface area contributed by atoms with Crippen LogP contribution in [0.3, 0.4) is 0 Å². The van der Waals surface area contributed by atoms with E-state index in [-0.39, 0.29) is 5.69 Å². The van der Waals surface area contributed by atoms with Crippen molar-refractivity contribution in [1.29, 1.82) is 0 Å². The van der Waals surface area contributed by atoms with E-state index in [0.717, 1.165) is 12.1 Å². The molecule has 0 amide bonds. The Morgan fingerprint density at radius 3 is 2.57 bits per heavy atom. The summed E-state index contributed by atoms with van der Waals surface area (Å²) < 4.78 is 0. The van der Waals surface area contributed by atoms with Gasteiger partial charge in [0.05, 0.1) is 11.9 Å². The summed E-state index contributed by atoms with van der Waals surface area (Å²) in [6, 6.07) is 0. The predicted molar refractivity (Wildman–Crippen MR) is 55.2 cm³/mol. The molecular formula is C9H14N4O. The minimum Gasteiger partial charge on any atom is -0.289 e. The van der Waals surface area contributed by atoms with Crippen molar-refractivity contribution in [2.75, 3.05) is 0 Å². The van der Waals surface area contributed by atoms with Crippen LogP contribution in [0.25, 0.3) is 11.3 Å². The highest BCUT2D eigenvalue weighted by molar-refractivity contribution is 5.63. The first-order chi connectivity index (χ1) is 6.79. The Labute approximate surface area is 81.6 Å². The van der Waals surface area contributed by atoms with Crippen LogP contribution in [-0.2, 0) is 6.42 Å². The quantitative estimate of drug-likeness (QED) is 0.717. The van der Waals surface area contributed by atoms with Gasteiger partial charge in [-0.3, -0.25) is 9.97 Å². The van der Waals surface area contributed by atoms with Gasteiger partial charge in [0.1, 0.15) is 0 Å². The molecule has 0 aromatic carbocycles. The zero-order chi connectivity index (χ0) is 10.6. The van der Waals surface area contributed by atoms with Crippen molar-refractivity contribution < 1.29 is 0 Å². The van der Waals surface area contributed by atoms with Gasteiger partial charge in [0.25, 0.3) is 0 Å². The summed E-state index contributed by atoms with van der Waals surface area (Å²) >= 11 is 0. The van der Waals surface area contributed by atoms with Gasteiger partial charge in [-0.15, -0.1) is 0 Å². The van der Waals surface area contributed by atoms with Gasteiger partial charge in [0.2, 0.25) is 0 Å². The first kappa shape index (κ1) is 10.4. The van der Waals surface area contributed by atoms with Gasteiger partial charge < -0.3 is 0 Å². The molecule has 0 fully saturated rings. The fourth-order valence-electron chi connectivity index (χ4n) is 1.02. The summed E-state index contributed by atoms with van der Waals surface area (Å²) in [5, 5.41) is 0. The van der Waals surface area contributed by atoms with Crippen molar-refractivity contribution in [1.82, 2.24) is 19.9 Å². The van der Waals surface area contributed by atoms with E-state index in [1.807, 2.05) is 20.8 Å². The molecule has 2 aromatic heterocycles. The fourth-order valence-corrected chi connectivity index (χ4v) is 1.02. The van der Waals surface area contributed by atoms with Gasteiger partial charge >= 0.3 is 5.69 Å². The van der Waals surface area contributed by atoms with Gasteiger partial charge in [0.15, 0.2) is 11.3 Å². The normalized spacial score (nSPS) is 9.64. The monoisotopic (exact) mass is 194 g/mol. The van der Waals surface area contributed by atoms with Gasteiger partial charge in [-0.25, -0.2) is 14.8 Å². The number of hydrogen-bond acceptors (Lipinski definition) is 3. The molecule has 0 unspecified atom stereocenters. The van der Waals surface area contributed by atoms with Crippen LogP contribution in [-0.4, -0.2) is 19.9 Å². The maximum atomic E-state index is 10.8. The molecule has 0 bridgehead atoms. The second kappa shape index (κ2) is 4.55. The molecule has 0 atom stereocenters. The molecule has 2 heterocycles. The van der Waals surface area contributed by atoms with Crippen LogP contribution in [0.5, 0.6) is 0 Å². The molecule has 2 N–H and O–H groups in total. The molecule has 0 saturated heterocycles. The lowest BCUT2D eigenvalue weighted by molar-refractivity contribution is 1.02. The van der Waals surface area contributed by atoms with Gasteiger partial charge in [-0.2, -0.15) is 0 Å². The highest BCUT2D eigenvalue weighted by Gasteiger charge is 2.00. The number of aryl methyl sites for hydroxylation is 1. The van der Waals surface area contributed by atoms with Gasteiger partial charge in [0, 0.05) is 0 Å². The number of hydrogen-bond donors (Lipinski definition) is 2. The topological polar surface area (TPSA) is 74.4 Å². The lowest BCUT2D eigenvalue weighted by Gasteiger charge is -1.92. The summed E-state index contributed by atoms with van der Waals surface area (Å²) in [4.78, 5) is 24.1. The average molecular weight is 194 g/mol. The number of H-pyrrole nitrogens is 2. The van der Waals surface area contributed by atoms with Crippen LogP contribution in [0.2, 0.25) is 0 Å². The van der Waals surface area contributed by atoms with Crippen molar-refractivity contribution >= 4 is 11.3 Å². The Kier molecular flexibility index (Phi) is 3.39. The summed E-state index contributed by atoms with van der Waals surface area (Å²) in [5.41, 5.74) is 1.65. The SMILES string of the molecule is CC.CCc1cnc2[nH]c(=O)[nH]c2n1. The average Bonchev–Trinajstić information content (AvgIpc) is 2.59. The van der Waals surface area contributed by atoms with E-state index in [0.29, 0.717) is 11.3 Å². The number of aromatic nitrogens is 4. The van der Waals surface area contributed by atoms with Crippen LogP contribution in [0, 0.1) is 0 Å². The first-order valence-electron chi connectivity index (χ1n) is 4.73. The number of nitrogens with zero attached hydrogens (tertiary/aromatic N) is 2. The number of aromatic amines is 2. The van der Waals surface area contributed by atoms with Crippen molar-refractivity contribution in [3.05, 3.63) is 22.4 Å². The third-order valence-corrected chi connectivity index (χ3v) is 1.65. The number of fused-ring (bicyclic) bond motifs is 1. The molecular weight excluding hydrogens is 180 g/mol. The molecule has 2 aromatic rings. The van der Waals surface area contributed by atoms with E-state index in [4.69, 9.17) is 0 Å². The molecule has 76 valence electrons. The summed E-state index contributed by atoms with van der Waals surface area (Å²) in [7, 11) is 0. The molecule has 14 heavy (non-hydrogen) atoms. The van der Waals surface area contributed by atoms with E-state index in [9.17, 15) is 4.79 Å². The summed E-state index contributed by atoms with van der Waals surface area (Å²) in [5.74, 6) is 0. The van der Waals surface area contributed by atoms with E-state index in [1.165, 1.54) is 0 Å². The van der Waals surface area contributed by atoms with Crippen molar-refractivity contribution in [2.45, 2.75) is 27.2 Å². The largest absolute Gasteiger partial charge is 0.326 e. The Hall–Kier alpha value is -1.65. The Morgan fingerprint density at radius 2 is 1.93 bits per heavy atom. The van der Waals surface area contributed by atoms with Crippen LogP contribution < -0.4 is 5.69 Å². The first-order valence-corrected chi connectivity index (χ1v) is 4.73. The van der Waals surface area contributed by atoms with E-state index < -0.39 is 0 Å². The van der Waals surface area contributed by atoms with Crippen LogP contribution >= 0.6 is 0 Å². The molecule has 0 radical (unpaired) electrons. The molecule has 5 heteroatoms. The van der Waals surface area contributed by atoms with E-state index >= 15 is 0 Å². The lowest BCUT2D eigenvalue weighted by atomic mass is 10.3. The maximum absolute atomic E-state index is 10.8. The predicted octanol–water partition coefficient (Wildman–Crippen LogP) is 1.23. The van der Waals surface area contributed by atoms with Crippen molar-refractivity contribution in [3.63, 3.8) is 0 Å². The minimum absolute atomic E-state index is 0.266. The number of nitrogens with one attached hydrogen (secondary N) is 2. The van der Waals surface area contributed by atoms with Gasteiger partial charge in [-0.1, -0.05) is 20.8 Å². The standard InChI is InChI=1S/C7H8N4O.C2H6/c1-2-4-3-8-5-6(9-4)11-7(12)10-5;1-2/h3H,2H2,1H3,(H2,8,9,10,11,12);1-2H3. The number of rotatable bonds is 1. The van der Waals surface area contributed by atoms with E-state index in [1.54, 1.807) is 6.20 Å². The molecule has 0 spiro atoms. The molecule has 0 aliphatic rings. The zero-order valence-corrected chi connectivity index (χ0v) is 8.59. The third-order valence-electron chi connectivity index (χ3n) is 1.65. The van der Waals surface area contributed by atoms with Crippen LogP contribution in [0.4, 0.5) is 0 Å². The molecule has 0 aliphatic carbocycles. The third kappa shape index (κ3) is 1.99. The van der Waals surface area contributed by atoms with Crippen LogP contribution in [0.15, 0.2) is 11.0 Å². The Balaban J connectivity index is 0.000000461. The zero-order valence-electron chi connectivity index (χ0n) is 8.59. The highest BCUT2D eigenvalue weighted by atomic mass is 16.1.